The Kier molecular flexibility index (Phi) is 2.75. The number of nitrogens with zero attached hydrogens (tertiary/aromatic N) is 1. The minimum Gasteiger partial charge on any atom is -0.465 e. The number of amides is 1. The van der Waals surface area contributed by atoms with Crippen LogP contribution in [0.4, 0.5) is 11.4 Å². The summed E-state index contributed by atoms with van der Waals surface area (Å²) in [5, 5.41) is 2.79. The summed E-state index contributed by atoms with van der Waals surface area (Å²) in [6.45, 7) is 1.81. The molecule has 0 saturated carbocycles. The lowest BCUT2D eigenvalue weighted by Crippen LogP contribution is -2.43. The number of nitrogens with one attached hydrogen (secondary N) is 1. The summed E-state index contributed by atoms with van der Waals surface area (Å²) in [5.41, 5.74) is 2.00. The molecule has 1 N–H and O–H groups in total. The summed E-state index contributed by atoms with van der Waals surface area (Å²) in [4.78, 5) is 24.9. The smallest absolute Gasteiger partial charge is 0.337 e. The van der Waals surface area contributed by atoms with Crippen molar-refractivity contribution in [1.82, 2.24) is 0 Å². The molecule has 1 amide bonds. The maximum Gasteiger partial charge on any atom is 0.337 e. The van der Waals surface area contributed by atoms with E-state index >= 15 is 0 Å². The second kappa shape index (κ2) is 4.08. The lowest BCUT2D eigenvalue weighted by Gasteiger charge is -2.33. The number of ether oxygens (including phenoxy) is 1. The van der Waals surface area contributed by atoms with Gasteiger partial charge in [-0.05, 0) is 25.1 Å². The molecule has 0 spiro atoms. The van der Waals surface area contributed by atoms with E-state index in [-0.39, 0.29) is 17.9 Å². The first-order chi connectivity index (χ1) is 8.04. The predicted molar refractivity (Wildman–Crippen MR) is 64.3 cm³/mol. The van der Waals surface area contributed by atoms with E-state index in [0.717, 1.165) is 5.69 Å². The van der Waals surface area contributed by atoms with Crippen molar-refractivity contribution >= 4 is 23.3 Å². The lowest BCUT2D eigenvalue weighted by atomic mass is 10.1. The van der Waals surface area contributed by atoms with Gasteiger partial charge in [-0.15, -0.1) is 0 Å². The maximum atomic E-state index is 11.6. The Morgan fingerprint density at radius 3 is 2.82 bits per heavy atom. The van der Waals surface area contributed by atoms with Crippen molar-refractivity contribution in [1.29, 1.82) is 0 Å². The van der Waals surface area contributed by atoms with Gasteiger partial charge in [0.05, 0.1) is 24.0 Å². The third-order valence-corrected chi connectivity index (χ3v) is 3.02. The molecular weight excluding hydrogens is 220 g/mol. The summed E-state index contributed by atoms with van der Waals surface area (Å²) in [7, 11) is 3.17. The Hall–Kier alpha value is -2.04. The van der Waals surface area contributed by atoms with E-state index in [2.05, 4.69) is 10.1 Å². The van der Waals surface area contributed by atoms with Crippen LogP contribution in [-0.4, -0.2) is 32.1 Å². The summed E-state index contributed by atoms with van der Waals surface area (Å²) in [5.74, 6) is -0.434. The Bertz CT molecular complexity index is 485. The molecule has 1 aliphatic rings. The Balaban J connectivity index is 2.45. The van der Waals surface area contributed by atoms with Crippen LogP contribution in [-0.2, 0) is 9.53 Å². The van der Waals surface area contributed by atoms with Gasteiger partial charge in [-0.1, -0.05) is 0 Å². The largest absolute Gasteiger partial charge is 0.465 e. The summed E-state index contributed by atoms with van der Waals surface area (Å²) in [6, 6.07) is 4.81. The van der Waals surface area contributed by atoms with E-state index in [0.29, 0.717) is 11.3 Å². The molecule has 1 heterocycles. The molecule has 1 aromatic carbocycles. The SMILES string of the molecule is COC(=O)c1ccc2c(c1)N(C)C(C)C(=O)N2. The molecule has 1 aliphatic heterocycles. The molecular formula is C12H14N2O3. The number of hydrogen-bond acceptors (Lipinski definition) is 4. The van der Waals surface area contributed by atoms with Crippen LogP contribution in [0.5, 0.6) is 0 Å². The minimum atomic E-state index is -0.384. The molecule has 1 unspecified atom stereocenters. The molecule has 17 heavy (non-hydrogen) atoms. The van der Waals surface area contributed by atoms with Crippen molar-refractivity contribution in [3.05, 3.63) is 23.8 Å². The zero-order chi connectivity index (χ0) is 12.6. The van der Waals surface area contributed by atoms with E-state index < -0.39 is 0 Å². The number of anilines is 2. The van der Waals surface area contributed by atoms with Crippen molar-refractivity contribution in [2.24, 2.45) is 0 Å². The van der Waals surface area contributed by atoms with Crippen LogP contribution in [0.1, 0.15) is 17.3 Å². The molecule has 5 heteroatoms. The van der Waals surface area contributed by atoms with Crippen molar-refractivity contribution in [2.45, 2.75) is 13.0 Å². The van der Waals surface area contributed by atoms with Gasteiger partial charge in [-0.25, -0.2) is 4.79 Å². The molecule has 0 aromatic heterocycles. The van der Waals surface area contributed by atoms with E-state index in [4.69, 9.17) is 0 Å². The van der Waals surface area contributed by atoms with Gasteiger partial charge in [0.1, 0.15) is 6.04 Å². The third kappa shape index (κ3) is 1.84. The van der Waals surface area contributed by atoms with Crippen LogP contribution in [0.2, 0.25) is 0 Å². The van der Waals surface area contributed by atoms with Crippen molar-refractivity contribution < 1.29 is 14.3 Å². The van der Waals surface area contributed by atoms with Gasteiger partial charge in [-0.3, -0.25) is 4.79 Å². The van der Waals surface area contributed by atoms with Crippen molar-refractivity contribution in [3.63, 3.8) is 0 Å². The highest BCUT2D eigenvalue weighted by Crippen LogP contribution is 2.31. The molecule has 0 saturated heterocycles. The Morgan fingerprint density at radius 2 is 2.18 bits per heavy atom. The Labute approximate surface area is 99.4 Å². The van der Waals surface area contributed by atoms with Gasteiger partial charge in [0.25, 0.3) is 0 Å². The second-order valence-corrected chi connectivity index (χ2v) is 4.00. The van der Waals surface area contributed by atoms with Gasteiger partial charge in [0.2, 0.25) is 5.91 Å². The van der Waals surface area contributed by atoms with Crippen LogP contribution in [0.3, 0.4) is 0 Å². The van der Waals surface area contributed by atoms with Gasteiger partial charge in [0.15, 0.2) is 0 Å². The van der Waals surface area contributed by atoms with Gasteiger partial charge in [-0.2, -0.15) is 0 Å². The van der Waals surface area contributed by atoms with Crippen LogP contribution in [0.25, 0.3) is 0 Å². The standard InChI is InChI=1S/C12H14N2O3/c1-7-11(15)13-9-5-4-8(12(16)17-3)6-10(9)14(7)2/h4-7H,1-3H3,(H,13,15). The number of hydrogen-bond donors (Lipinski definition) is 1. The number of benzene rings is 1. The summed E-state index contributed by atoms with van der Waals surface area (Å²) in [6.07, 6.45) is 0. The molecule has 0 fully saturated rings. The van der Waals surface area contributed by atoms with Crippen LogP contribution < -0.4 is 10.2 Å². The molecule has 90 valence electrons. The highest BCUT2D eigenvalue weighted by atomic mass is 16.5. The van der Waals surface area contributed by atoms with Crippen molar-refractivity contribution in [3.8, 4) is 0 Å². The number of carbonyl (C=O) groups excluding carboxylic acids is 2. The number of rotatable bonds is 1. The first-order valence-corrected chi connectivity index (χ1v) is 5.30. The van der Waals surface area contributed by atoms with Gasteiger partial charge < -0.3 is 15.0 Å². The average molecular weight is 234 g/mol. The number of carbonyl (C=O) groups is 2. The van der Waals surface area contributed by atoms with E-state index in [1.807, 2.05) is 18.9 Å². The first-order valence-electron chi connectivity index (χ1n) is 5.30. The number of fused-ring (bicyclic) bond motifs is 1. The molecule has 1 atom stereocenters. The van der Waals surface area contributed by atoms with Crippen molar-refractivity contribution in [2.75, 3.05) is 24.4 Å². The Morgan fingerprint density at radius 1 is 1.47 bits per heavy atom. The average Bonchev–Trinajstić information content (AvgIpc) is 2.35. The van der Waals surface area contributed by atoms with Gasteiger partial charge >= 0.3 is 5.97 Å². The highest BCUT2D eigenvalue weighted by molar-refractivity contribution is 6.04. The second-order valence-electron chi connectivity index (χ2n) is 4.00. The van der Waals surface area contributed by atoms with Crippen LogP contribution in [0, 0.1) is 0 Å². The quantitative estimate of drug-likeness (QED) is 0.743. The molecule has 0 aliphatic carbocycles. The normalized spacial score (nSPS) is 18.4. The summed E-state index contributed by atoms with van der Waals surface area (Å²) >= 11 is 0. The van der Waals surface area contributed by atoms with Crippen LogP contribution >= 0.6 is 0 Å². The molecule has 1 aromatic rings. The third-order valence-electron chi connectivity index (χ3n) is 3.02. The minimum absolute atomic E-state index is 0.0502. The fourth-order valence-corrected chi connectivity index (χ4v) is 1.80. The first kappa shape index (κ1) is 11.4. The predicted octanol–water partition coefficient (Wildman–Crippen LogP) is 1.25. The van der Waals surface area contributed by atoms with E-state index in [1.54, 1.807) is 18.2 Å². The summed E-state index contributed by atoms with van der Waals surface area (Å²) < 4.78 is 4.67. The topological polar surface area (TPSA) is 58.6 Å². The van der Waals surface area contributed by atoms with E-state index in [1.165, 1.54) is 7.11 Å². The highest BCUT2D eigenvalue weighted by Gasteiger charge is 2.27. The molecule has 0 radical (unpaired) electrons. The zero-order valence-electron chi connectivity index (χ0n) is 9.98. The molecule has 5 nitrogen and oxygen atoms in total. The maximum absolute atomic E-state index is 11.6. The number of likely N-dealkylation sites (N-methyl/N-ethyl adjacent to an activating group) is 1. The molecule has 2 rings (SSSR count). The fraction of sp³-hybridized carbons (Fsp3) is 0.333. The lowest BCUT2D eigenvalue weighted by molar-refractivity contribution is -0.117. The fourth-order valence-electron chi connectivity index (χ4n) is 1.80. The van der Waals surface area contributed by atoms with Crippen LogP contribution in [0.15, 0.2) is 18.2 Å². The van der Waals surface area contributed by atoms with E-state index in [9.17, 15) is 9.59 Å². The number of methoxy groups -OCH3 is 1. The number of esters is 1. The molecule has 0 bridgehead atoms. The monoisotopic (exact) mass is 234 g/mol. The van der Waals surface area contributed by atoms with Gasteiger partial charge in [0, 0.05) is 7.05 Å². The zero-order valence-corrected chi connectivity index (χ0v) is 9.98.